The van der Waals surface area contributed by atoms with E-state index in [1.54, 1.807) is 0 Å². The van der Waals surface area contributed by atoms with Gasteiger partial charge in [-0.15, -0.1) is 0 Å². The number of carbonyl (C=O) groups excluding carboxylic acids is 1. The first-order chi connectivity index (χ1) is 12.1. The molecule has 25 heavy (non-hydrogen) atoms. The molecule has 3 heterocycles. The summed E-state index contributed by atoms with van der Waals surface area (Å²) in [5, 5.41) is 4.21. The fourth-order valence-electron chi connectivity index (χ4n) is 4.34. The predicted molar refractivity (Wildman–Crippen MR) is 93.3 cm³/mol. The molecule has 6 heteroatoms. The Labute approximate surface area is 148 Å². The third kappa shape index (κ3) is 3.10. The topological polar surface area (TPSA) is 64.2 Å². The number of amides is 1. The molecular formula is C19H26N4O2. The Hall–Kier alpha value is -2.11. The molecule has 0 radical (unpaired) electrons. The maximum absolute atomic E-state index is 13.0. The van der Waals surface area contributed by atoms with E-state index < -0.39 is 0 Å². The molecule has 2 fully saturated rings. The zero-order chi connectivity index (χ0) is 17.4. The molecular weight excluding hydrogens is 316 g/mol. The zero-order valence-electron chi connectivity index (χ0n) is 15.1. The highest BCUT2D eigenvalue weighted by atomic mass is 16.5. The van der Waals surface area contributed by atoms with Crippen LogP contribution in [0.15, 0.2) is 16.8 Å². The second-order valence-corrected chi connectivity index (χ2v) is 7.46. The monoisotopic (exact) mass is 342 g/mol. The van der Waals surface area contributed by atoms with E-state index in [2.05, 4.69) is 10.1 Å². The third-order valence-electron chi connectivity index (χ3n) is 5.61. The van der Waals surface area contributed by atoms with Gasteiger partial charge in [-0.05, 0) is 32.6 Å². The van der Waals surface area contributed by atoms with E-state index in [0.29, 0.717) is 11.7 Å². The fraction of sp³-hybridized carbons (Fsp3) is 0.632. The van der Waals surface area contributed by atoms with Crippen LogP contribution >= 0.6 is 0 Å². The Balaban J connectivity index is 1.53. The van der Waals surface area contributed by atoms with Gasteiger partial charge < -0.3 is 14.0 Å². The van der Waals surface area contributed by atoms with Gasteiger partial charge in [0.2, 0.25) is 5.76 Å². The fourth-order valence-corrected chi connectivity index (χ4v) is 4.34. The van der Waals surface area contributed by atoms with Crippen LogP contribution in [0.1, 0.15) is 84.7 Å². The van der Waals surface area contributed by atoms with E-state index in [9.17, 15) is 4.79 Å². The lowest BCUT2D eigenvalue weighted by Gasteiger charge is -2.23. The number of carbonyl (C=O) groups is 1. The molecule has 6 nitrogen and oxygen atoms in total. The SMILES string of the molecule is Cc1cn(C)c([C@H]2CCCN2C(=O)c2cc(C3CCCCC3)no2)n1. The Morgan fingerprint density at radius 3 is 2.72 bits per heavy atom. The van der Waals surface area contributed by atoms with Crippen molar-refractivity contribution in [3.63, 3.8) is 0 Å². The van der Waals surface area contributed by atoms with Gasteiger partial charge in [-0.1, -0.05) is 24.4 Å². The van der Waals surface area contributed by atoms with Crippen molar-refractivity contribution in [2.75, 3.05) is 6.54 Å². The highest BCUT2D eigenvalue weighted by molar-refractivity contribution is 5.92. The Bertz CT molecular complexity index is 757. The summed E-state index contributed by atoms with van der Waals surface area (Å²) >= 11 is 0. The molecule has 4 rings (SSSR count). The second-order valence-electron chi connectivity index (χ2n) is 7.46. The average Bonchev–Trinajstić information content (AvgIpc) is 3.34. The molecule has 0 bridgehead atoms. The number of rotatable bonds is 3. The van der Waals surface area contributed by atoms with Gasteiger partial charge in [0.15, 0.2) is 0 Å². The van der Waals surface area contributed by atoms with Crippen LogP contribution < -0.4 is 0 Å². The van der Waals surface area contributed by atoms with Crippen molar-refractivity contribution < 1.29 is 9.32 Å². The average molecular weight is 342 g/mol. The molecule has 1 saturated carbocycles. The van der Waals surface area contributed by atoms with Crippen molar-refractivity contribution in [1.82, 2.24) is 19.6 Å². The molecule has 1 amide bonds. The van der Waals surface area contributed by atoms with Crippen LogP contribution in [0.2, 0.25) is 0 Å². The van der Waals surface area contributed by atoms with Gasteiger partial charge in [-0.3, -0.25) is 4.79 Å². The number of aryl methyl sites for hydroxylation is 2. The van der Waals surface area contributed by atoms with Gasteiger partial charge in [0, 0.05) is 31.8 Å². The summed E-state index contributed by atoms with van der Waals surface area (Å²) < 4.78 is 7.47. The quantitative estimate of drug-likeness (QED) is 0.852. The summed E-state index contributed by atoms with van der Waals surface area (Å²) in [6, 6.07) is 1.90. The minimum absolute atomic E-state index is 0.0226. The number of nitrogens with zero attached hydrogens (tertiary/aromatic N) is 4. The highest BCUT2D eigenvalue weighted by Crippen LogP contribution is 2.35. The van der Waals surface area contributed by atoms with Crippen molar-refractivity contribution in [3.8, 4) is 0 Å². The molecule has 2 aromatic heterocycles. The molecule has 0 N–H and O–H groups in total. The van der Waals surface area contributed by atoms with Gasteiger partial charge in [-0.25, -0.2) is 4.98 Å². The number of hydrogen-bond acceptors (Lipinski definition) is 4. The smallest absolute Gasteiger partial charge is 0.293 e. The minimum atomic E-state index is -0.0577. The molecule has 1 atom stereocenters. The summed E-state index contributed by atoms with van der Waals surface area (Å²) in [5.41, 5.74) is 1.93. The molecule has 1 aliphatic heterocycles. The summed E-state index contributed by atoms with van der Waals surface area (Å²) in [5.74, 6) is 1.72. The third-order valence-corrected chi connectivity index (χ3v) is 5.61. The summed E-state index contributed by atoms with van der Waals surface area (Å²) in [7, 11) is 1.99. The standard InChI is InChI=1S/C19H26N4O2/c1-13-12-22(2)18(20-13)16-9-6-10-23(16)19(24)17-11-15(21-25-17)14-7-4-3-5-8-14/h11-12,14,16H,3-10H2,1-2H3/t16-/m1/s1. The minimum Gasteiger partial charge on any atom is -0.351 e. The van der Waals surface area contributed by atoms with Crippen molar-refractivity contribution >= 4 is 5.91 Å². The highest BCUT2D eigenvalue weighted by Gasteiger charge is 2.35. The van der Waals surface area contributed by atoms with Gasteiger partial charge >= 0.3 is 0 Å². The molecule has 134 valence electrons. The summed E-state index contributed by atoms with van der Waals surface area (Å²) in [6.45, 7) is 2.73. The van der Waals surface area contributed by atoms with Crippen LogP contribution in [-0.2, 0) is 7.05 Å². The van der Waals surface area contributed by atoms with Gasteiger partial charge in [-0.2, -0.15) is 0 Å². The molecule has 0 aromatic carbocycles. The molecule has 0 unspecified atom stereocenters. The van der Waals surface area contributed by atoms with Crippen LogP contribution in [0, 0.1) is 6.92 Å². The Kier molecular flexibility index (Phi) is 4.36. The molecule has 1 saturated heterocycles. The van der Waals surface area contributed by atoms with Crippen LogP contribution in [0.25, 0.3) is 0 Å². The number of aromatic nitrogens is 3. The van der Waals surface area contributed by atoms with Gasteiger partial charge in [0.25, 0.3) is 5.91 Å². The lowest BCUT2D eigenvalue weighted by molar-refractivity contribution is 0.0685. The van der Waals surface area contributed by atoms with Crippen LogP contribution in [0.5, 0.6) is 0 Å². The first-order valence-electron chi connectivity index (χ1n) is 9.41. The second kappa shape index (κ2) is 6.65. The van der Waals surface area contributed by atoms with Gasteiger partial charge in [0.1, 0.15) is 5.82 Å². The van der Waals surface area contributed by atoms with E-state index in [4.69, 9.17) is 4.52 Å². The van der Waals surface area contributed by atoms with Crippen LogP contribution in [0.3, 0.4) is 0 Å². The largest absolute Gasteiger partial charge is 0.351 e. The van der Waals surface area contributed by atoms with E-state index in [-0.39, 0.29) is 11.9 Å². The normalized spacial score (nSPS) is 21.8. The summed E-state index contributed by atoms with van der Waals surface area (Å²) in [4.78, 5) is 19.5. The first-order valence-corrected chi connectivity index (χ1v) is 9.41. The predicted octanol–water partition coefficient (Wildman–Crippen LogP) is 3.74. The van der Waals surface area contributed by atoms with Gasteiger partial charge in [0.05, 0.1) is 17.4 Å². The van der Waals surface area contributed by atoms with Crippen molar-refractivity contribution in [3.05, 3.63) is 35.2 Å². The molecule has 0 spiro atoms. The zero-order valence-corrected chi connectivity index (χ0v) is 15.1. The first kappa shape index (κ1) is 16.4. The lowest BCUT2D eigenvalue weighted by Crippen LogP contribution is -2.31. The van der Waals surface area contributed by atoms with Crippen LogP contribution in [-0.4, -0.2) is 32.1 Å². The number of imidazole rings is 1. The van der Waals surface area contributed by atoms with E-state index in [1.807, 2.05) is 35.7 Å². The molecule has 2 aromatic rings. The number of likely N-dealkylation sites (tertiary alicyclic amines) is 1. The van der Waals surface area contributed by atoms with E-state index >= 15 is 0 Å². The Morgan fingerprint density at radius 2 is 2.00 bits per heavy atom. The molecule has 1 aliphatic carbocycles. The number of hydrogen-bond donors (Lipinski definition) is 0. The maximum atomic E-state index is 13.0. The lowest BCUT2D eigenvalue weighted by atomic mass is 9.87. The Morgan fingerprint density at radius 1 is 1.20 bits per heavy atom. The van der Waals surface area contributed by atoms with Crippen LogP contribution in [0.4, 0.5) is 0 Å². The molecule has 2 aliphatic rings. The van der Waals surface area contributed by atoms with Crippen molar-refractivity contribution in [1.29, 1.82) is 0 Å². The maximum Gasteiger partial charge on any atom is 0.293 e. The van der Waals surface area contributed by atoms with Crippen molar-refractivity contribution in [2.45, 2.75) is 63.8 Å². The van der Waals surface area contributed by atoms with E-state index in [1.165, 1.54) is 19.3 Å². The van der Waals surface area contributed by atoms with E-state index in [0.717, 1.165) is 49.4 Å². The summed E-state index contributed by atoms with van der Waals surface area (Å²) in [6.07, 6.45) is 10.0. The van der Waals surface area contributed by atoms with Crippen molar-refractivity contribution in [2.24, 2.45) is 7.05 Å².